The second kappa shape index (κ2) is 4.15. The first-order valence-corrected chi connectivity index (χ1v) is 5.39. The van der Waals surface area contributed by atoms with Crippen LogP contribution in [0.1, 0.15) is 36.8 Å². The van der Waals surface area contributed by atoms with Crippen molar-refractivity contribution in [3.05, 3.63) is 35.4 Å². The number of carbonyl (C=O) groups excluding carboxylic acids is 1. The summed E-state index contributed by atoms with van der Waals surface area (Å²) in [5.41, 5.74) is 2.39. The van der Waals surface area contributed by atoms with E-state index in [2.05, 4.69) is 26.0 Å². The maximum absolute atomic E-state index is 11.5. The Morgan fingerprint density at radius 1 is 1.40 bits per heavy atom. The van der Waals surface area contributed by atoms with Gasteiger partial charge in [-0.05, 0) is 17.0 Å². The Hall–Kier alpha value is -1.15. The normalized spacial score (nSPS) is 21.3. The zero-order chi connectivity index (χ0) is 10.8. The maximum atomic E-state index is 11.5. The molecule has 0 aliphatic carbocycles. The summed E-state index contributed by atoms with van der Waals surface area (Å²) in [6.45, 7) is 5.13. The molecule has 1 saturated heterocycles. The molecular weight excluding hydrogens is 188 g/mol. The quantitative estimate of drug-likeness (QED) is 0.739. The summed E-state index contributed by atoms with van der Waals surface area (Å²) < 4.78 is 5.17. The molecule has 1 atom stereocenters. The van der Waals surface area contributed by atoms with Crippen LogP contribution >= 0.6 is 0 Å². The third kappa shape index (κ3) is 2.10. The molecule has 0 amide bonds. The summed E-state index contributed by atoms with van der Waals surface area (Å²) in [6.07, 6.45) is 0. The predicted octanol–water partition coefficient (Wildman–Crippen LogP) is 2.49. The highest BCUT2D eigenvalue weighted by molar-refractivity contribution is 5.88. The largest absolute Gasteiger partial charge is 0.373 e. The van der Waals surface area contributed by atoms with Crippen molar-refractivity contribution in [1.29, 1.82) is 0 Å². The van der Waals surface area contributed by atoms with Gasteiger partial charge in [0.1, 0.15) is 6.61 Å². The minimum Gasteiger partial charge on any atom is -0.373 e. The lowest BCUT2D eigenvalue weighted by atomic mass is 9.93. The van der Waals surface area contributed by atoms with Crippen molar-refractivity contribution in [2.24, 2.45) is 0 Å². The van der Waals surface area contributed by atoms with Crippen molar-refractivity contribution >= 4 is 5.78 Å². The average molecular weight is 204 g/mol. The lowest BCUT2D eigenvalue weighted by Crippen LogP contribution is -2.09. The van der Waals surface area contributed by atoms with Gasteiger partial charge in [0.25, 0.3) is 0 Å². The lowest BCUT2D eigenvalue weighted by molar-refractivity contribution is -0.118. The molecule has 1 aliphatic heterocycles. The molecular formula is C13H16O2. The van der Waals surface area contributed by atoms with E-state index in [1.807, 2.05) is 12.1 Å². The highest BCUT2D eigenvalue weighted by Crippen LogP contribution is 2.25. The van der Waals surface area contributed by atoms with Gasteiger partial charge in [-0.25, -0.2) is 0 Å². The number of carbonyl (C=O) groups is 1. The maximum Gasteiger partial charge on any atom is 0.168 e. The van der Waals surface area contributed by atoms with Crippen LogP contribution in [0.15, 0.2) is 24.3 Å². The molecule has 1 aromatic rings. The zero-order valence-corrected chi connectivity index (χ0v) is 9.19. The van der Waals surface area contributed by atoms with Gasteiger partial charge in [0.05, 0.1) is 12.5 Å². The molecule has 0 N–H and O–H groups in total. The first-order chi connectivity index (χ1) is 7.18. The van der Waals surface area contributed by atoms with Gasteiger partial charge in [-0.2, -0.15) is 0 Å². The van der Waals surface area contributed by atoms with Crippen molar-refractivity contribution in [3.63, 3.8) is 0 Å². The lowest BCUT2D eigenvalue weighted by Gasteiger charge is -2.11. The van der Waals surface area contributed by atoms with E-state index in [1.165, 1.54) is 5.56 Å². The van der Waals surface area contributed by atoms with Crippen LogP contribution in [0.3, 0.4) is 0 Å². The van der Waals surface area contributed by atoms with Gasteiger partial charge in [-0.1, -0.05) is 38.1 Å². The zero-order valence-electron chi connectivity index (χ0n) is 9.19. The first-order valence-electron chi connectivity index (χ1n) is 5.39. The highest BCUT2D eigenvalue weighted by Gasteiger charge is 2.26. The molecule has 15 heavy (non-hydrogen) atoms. The van der Waals surface area contributed by atoms with Crippen molar-refractivity contribution < 1.29 is 9.53 Å². The summed E-state index contributed by atoms with van der Waals surface area (Å²) in [5, 5.41) is 0. The van der Waals surface area contributed by atoms with E-state index in [9.17, 15) is 4.79 Å². The molecule has 0 aromatic heterocycles. The van der Waals surface area contributed by atoms with Crippen LogP contribution in [0.2, 0.25) is 0 Å². The van der Waals surface area contributed by atoms with Crippen molar-refractivity contribution in [3.8, 4) is 0 Å². The van der Waals surface area contributed by atoms with Crippen LogP contribution in [-0.2, 0) is 9.53 Å². The Kier molecular flexibility index (Phi) is 2.87. The monoisotopic (exact) mass is 204 g/mol. The molecule has 1 heterocycles. The Bertz CT molecular complexity index is 369. The van der Waals surface area contributed by atoms with E-state index in [4.69, 9.17) is 4.74 Å². The highest BCUT2D eigenvalue weighted by atomic mass is 16.5. The van der Waals surface area contributed by atoms with E-state index < -0.39 is 0 Å². The molecule has 2 rings (SSSR count). The summed E-state index contributed by atoms with van der Waals surface area (Å²) in [5.74, 6) is 0.668. The van der Waals surface area contributed by atoms with E-state index in [0.717, 1.165) is 5.56 Å². The molecule has 1 aliphatic rings. The molecule has 1 unspecified atom stereocenters. The van der Waals surface area contributed by atoms with E-state index in [0.29, 0.717) is 12.5 Å². The van der Waals surface area contributed by atoms with Crippen LogP contribution in [0.25, 0.3) is 0 Å². The fourth-order valence-electron chi connectivity index (χ4n) is 1.89. The molecule has 0 spiro atoms. The van der Waals surface area contributed by atoms with Crippen molar-refractivity contribution in [2.45, 2.75) is 25.7 Å². The number of Topliss-reactive ketones (excluding diaryl/α,β-unsaturated/α-hetero) is 1. The summed E-state index contributed by atoms with van der Waals surface area (Å²) >= 11 is 0. The van der Waals surface area contributed by atoms with Crippen LogP contribution in [-0.4, -0.2) is 19.0 Å². The minimum atomic E-state index is -0.0382. The van der Waals surface area contributed by atoms with Crippen molar-refractivity contribution in [2.75, 3.05) is 13.2 Å². The molecule has 0 bridgehead atoms. The van der Waals surface area contributed by atoms with Gasteiger partial charge >= 0.3 is 0 Å². The summed E-state index contributed by atoms with van der Waals surface area (Å²) in [7, 11) is 0. The molecule has 0 saturated carbocycles. The number of hydrogen-bond donors (Lipinski definition) is 0. The van der Waals surface area contributed by atoms with Gasteiger partial charge in [0.2, 0.25) is 0 Å². The molecule has 1 aromatic carbocycles. The molecule has 2 heteroatoms. The summed E-state index contributed by atoms with van der Waals surface area (Å²) in [4.78, 5) is 11.5. The van der Waals surface area contributed by atoms with Crippen LogP contribution in [0.4, 0.5) is 0 Å². The van der Waals surface area contributed by atoms with Gasteiger partial charge in [-0.15, -0.1) is 0 Å². The number of hydrogen-bond acceptors (Lipinski definition) is 2. The fourth-order valence-corrected chi connectivity index (χ4v) is 1.89. The van der Waals surface area contributed by atoms with Gasteiger partial charge in [0.15, 0.2) is 5.78 Å². The van der Waals surface area contributed by atoms with Crippen LogP contribution < -0.4 is 0 Å². The number of ether oxygens (including phenoxy) is 1. The Labute approximate surface area is 90.3 Å². The van der Waals surface area contributed by atoms with Gasteiger partial charge in [-0.3, -0.25) is 4.79 Å². The average Bonchev–Trinajstić information content (AvgIpc) is 2.64. The smallest absolute Gasteiger partial charge is 0.168 e. The Morgan fingerprint density at radius 3 is 2.80 bits per heavy atom. The van der Waals surface area contributed by atoms with E-state index in [1.54, 1.807) is 0 Å². The number of benzene rings is 1. The standard InChI is InChI=1S/C13H16O2/c1-9(2)10-4-3-5-11(6-10)12-7-15-8-13(12)14/h3-6,9,12H,7-8H2,1-2H3. The van der Waals surface area contributed by atoms with Crippen LogP contribution in [0.5, 0.6) is 0 Å². The first kappa shape index (κ1) is 10.4. The SMILES string of the molecule is CC(C)c1cccc(C2COCC2=O)c1. The molecule has 80 valence electrons. The third-order valence-electron chi connectivity index (χ3n) is 2.90. The van der Waals surface area contributed by atoms with Gasteiger partial charge in [0, 0.05) is 0 Å². The Morgan fingerprint density at radius 2 is 2.20 bits per heavy atom. The predicted molar refractivity (Wildman–Crippen MR) is 59.1 cm³/mol. The van der Waals surface area contributed by atoms with E-state index >= 15 is 0 Å². The molecule has 2 nitrogen and oxygen atoms in total. The minimum absolute atomic E-state index is 0.0382. The Balaban J connectivity index is 2.28. The van der Waals surface area contributed by atoms with E-state index in [-0.39, 0.29) is 18.3 Å². The van der Waals surface area contributed by atoms with Crippen molar-refractivity contribution in [1.82, 2.24) is 0 Å². The second-order valence-electron chi connectivity index (χ2n) is 4.36. The summed E-state index contributed by atoms with van der Waals surface area (Å²) in [6, 6.07) is 8.27. The number of rotatable bonds is 2. The molecule has 0 radical (unpaired) electrons. The number of ketones is 1. The molecule has 1 fully saturated rings. The topological polar surface area (TPSA) is 26.3 Å². The third-order valence-corrected chi connectivity index (χ3v) is 2.90. The van der Waals surface area contributed by atoms with Gasteiger partial charge < -0.3 is 4.74 Å². The van der Waals surface area contributed by atoms with Crippen LogP contribution in [0, 0.1) is 0 Å². The second-order valence-corrected chi connectivity index (χ2v) is 4.36. The fraction of sp³-hybridized carbons (Fsp3) is 0.462.